The second kappa shape index (κ2) is 9.46. The molecule has 0 radical (unpaired) electrons. The van der Waals surface area contributed by atoms with Gasteiger partial charge in [0.15, 0.2) is 0 Å². The molecule has 0 aliphatic carbocycles. The Balaban J connectivity index is 1.91. The van der Waals surface area contributed by atoms with Gasteiger partial charge < -0.3 is 19.7 Å². The first-order chi connectivity index (χ1) is 12.5. The fourth-order valence-corrected chi connectivity index (χ4v) is 2.48. The monoisotopic (exact) mass is 356 g/mol. The van der Waals surface area contributed by atoms with Gasteiger partial charge in [-0.15, -0.1) is 0 Å². The Morgan fingerprint density at radius 3 is 2.31 bits per heavy atom. The van der Waals surface area contributed by atoms with Gasteiger partial charge in [-0.25, -0.2) is 0 Å². The number of nitrogens with one attached hydrogen (secondary N) is 1. The number of anilines is 1. The summed E-state index contributed by atoms with van der Waals surface area (Å²) in [5.74, 6) is 1.06. The van der Waals surface area contributed by atoms with Gasteiger partial charge in [0.2, 0.25) is 11.8 Å². The fourth-order valence-electron chi connectivity index (χ4n) is 2.48. The summed E-state index contributed by atoms with van der Waals surface area (Å²) < 4.78 is 10.3. The third-order valence-electron chi connectivity index (χ3n) is 3.96. The molecule has 2 aromatic carbocycles. The van der Waals surface area contributed by atoms with Gasteiger partial charge in [0.25, 0.3) is 0 Å². The van der Waals surface area contributed by atoms with Crippen molar-refractivity contribution in [3.63, 3.8) is 0 Å². The molecule has 138 valence electrons. The van der Waals surface area contributed by atoms with Crippen molar-refractivity contribution in [2.75, 3.05) is 32.6 Å². The zero-order valence-electron chi connectivity index (χ0n) is 15.3. The standard InChI is InChI=1S/C20H24N2O4/c1-15(23)22(12-11-16-7-9-18(25-2)10-8-16)14-20(24)21-17-5-4-6-19(13-17)26-3/h4-10,13H,11-12,14H2,1-3H3,(H,21,24). The lowest BCUT2D eigenvalue weighted by Gasteiger charge is -2.20. The summed E-state index contributed by atoms with van der Waals surface area (Å²) in [4.78, 5) is 25.6. The highest BCUT2D eigenvalue weighted by atomic mass is 16.5. The summed E-state index contributed by atoms with van der Waals surface area (Å²) in [5.41, 5.74) is 1.71. The largest absolute Gasteiger partial charge is 0.497 e. The zero-order valence-corrected chi connectivity index (χ0v) is 15.3. The van der Waals surface area contributed by atoms with Crippen LogP contribution in [0, 0.1) is 0 Å². The van der Waals surface area contributed by atoms with Gasteiger partial charge in [-0.05, 0) is 36.2 Å². The van der Waals surface area contributed by atoms with E-state index in [0.717, 1.165) is 11.3 Å². The Kier molecular flexibility index (Phi) is 7.02. The topological polar surface area (TPSA) is 67.9 Å². The first-order valence-corrected chi connectivity index (χ1v) is 8.34. The molecule has 0 heterocycles. The molecule has 6 nitrogen and oxygen atoms in total. The van der Waals surface area contributed by atoms with Crippen molar-refractivity contribution >= 4 is 17.5 Å². The van der Waals surface area contributed by atoms with Crippen LogP contribution in [0.25, 0.3) is 0 Å². The number of hydrogen-bond donors (Lipinski definition) is 1. The molecule has 0 fully saturated rings. The van der Waals surface area contributed by atoms with E-state index in [1.54, 1.807) is 38.5 Å². The van der Waals surface area contributed by atoms with Crippen LogP contribution >= 0.6 is 0 Å². The van der Waals surface area contributed by atoms with E-state index >= 15 is 0 Å². The SMILES string of the molecule is COc1ccc(CCN(CC(=O)Nc2cccc(OC)c2)C(C)=O)cc1. The molecule has 1 N–H and O–H groups in total. The van der Waals surface area contributed by atoms with Gasteiger partial charge in [-0.2, -0.15) is 0 Å². The number of amides is 2. The van der Waals surface area contributed by atoms with Gasteiger partial charge in [0, 0.05) is 25.2 Å². The molecule has 0 aliphatic heterocycles. The second-order valence-electron chi connectivity index (χ2n) is 5.82. The van der Waals surface area contributed by atoms with Crippen molar-refractivity contribution in [2.24, 2.45) is 0 Å². The Morgan fingerprint density at radius 2 is 1.69 bits per heavy atom. The second-order valence-corrected chi connectivity index (χ2v) is 5.82. The fraction of sp³-hybridized carbons (Fsp3) is 0.300. The zero-order chi connectivity index (χ0) is 18.9. The number of benzene rings is 2. The number of rotatable bonds is 8. The number of carbonyl (C=O) groups is 2. The molecule has 0 saturated carbocycles. The Labute approximate surface area is 153 Å². The van der Waals surface area contributed by atoms with E-state index in [2.05, 4.69) is 5.32 Å². The van der Waals surface area contributed by atoms with Crippen LogP contribution in [-0.4, -0.2) is 44.0 Å². The summed E-state index contributed by atoms with van der Waals surface area (Å²) in [6.07, 6.45) is 0.663. The number of nitrogens with zero attached hydrogens (tertiary/aromatic N) is 1. The summed E-state index contributed by atoms with van der Waals surface area (Å²) in [7, 11) is 3.19. The van der Waals surface area contributed by atoms with Gasteiger partial charge >= 0.3 is 0 Å². The molecule has 2 aromatic rings. The van der Waals surface area contributed by atoms with Crippen LogP contribution in [0.15, 0.2) is 48.5 Å². The average Bonchev–Trinajstić information content (AvgIpc) is 2.65. The Hall–Kier alpha value is -3.02. The highest BCUT2D eigenvalue weighted by Gasteiger charge is 2.14. The van der Waals surface area contributed by atoms with Crippen molar-refractivity contribution in [1.29, 1.82) is 0 Å². The van der Waals surface area contributed by atoms with E-state index in [1.807, 2.05) is 24.3 Å². The minimum absolute atomic E-state index is 0.00268. The highest BCUT2D eigenvalue weighted by Crippen LogP contribution is 2.16. The van der Waals surface area contributed by atoms with Crippen molar-refractivity contribution in [3.05, 3.63) is 54.1 Å². The van der Waals surface area contributed by atoms with Gasteiger partial charge in [-0.3, -0.25) is 9.59 Å². The number of hydrogen-bond acceptors (Lipinski definition) is 4. The van der Waals surface area contributed by atoms with Crippen molar-refractivity contribution in [1.82, 2.24) is 4.90 Å². The third kappa shape index (κ3) is 5.81. The minimum Gasteiger partial charge on any atom is -0.497 e. The van der Waals surface area contributed by atoms with Crippen molar-refractivity contribution in [3.8, 4) is 11.5 Å². The van der Waals surface area contributed by atoms with Crippen LogP contribution in [0.1, 0.15) is 12.5 Å². The number of ether oxygens (including phenoxy) is 2. The lowest BCUT2D eigenvalue weighted by molar-refractivity contribution is -0.132. The van der Waals surface area contributed by atoms with E-state index in [1.165, 1.54) is 11.8 Å². The van der Waals surface area contributed by atoms with E-state index in [9.17, 15) is 9.59 Å². The van der Waals surface area contributed by atoms with E-state index in [-0.39, 0.29) is 18.4 Å². The van der Waals surface area contributed by atoms with Crippen molar-refractivity contribution in [2.45, 2.75) is 13.3 Å². The molecule has 0 spiro atoms. The first kappa shape index (κ1) is 19.3. The van der Waals surface area contributed by atoms with Crippen LogP contribution in [0.3, 0.4) is 0 Å². The van der Waals surface area contributed by atoms with Crippen molar-refractivity contribution < 1.29 is 19.1 Å². The lowest BCUT2D eigenvalue weighted by atomic mass is 10.1. The molecule has 26 heavy (non-hydrogen) atoms. The Morgan fingerprint density at radius 1 is 1.00 bits per heavy atom. The Bertz CT molecular complexity index is 744. The molecule has 0 aromatic heterocycles. The predicted octanol–water partition coefficient (Wildman–Crippen LogP) is 2.73. The normalized spacial score (nSPS) is 10.1. The first-order valence-electron chi connectivity index (χ1n) is 8.34. The minimum atomic E-state index is -0.247. The molecule has 0 aliphatic rings. The van der Waals surface area contributed by atoms with Crippen LogP contribution < -0.4 is 14.8 Å². The highest BCUT2D eigenvalue weighted by molar-refractivity contribution is 5.94. The van der Waals surface area contributed by atoms with Crippen LogP contribution in [0.5, 0.6) is 11.5 Å². The molecule has 0 saturated heterocycles. The summed E-state index contributed by atoms with van der Waals surface area (Å²) in [6.45, 7) is 1.93. The van der Waals surface area contributed by atoms with Gasteiger partial charge in [0.1, 0.15) is 11.5 Å². The molecule has 2 amide bonds. The molecule has 0 atom stereocenters. The average molecular weight is 356 g/mol. The predicted molar refractivity (Wildman–Crippen MR) is 101 cm³/mol. The maximum atomic E-state index is 12.3. The third-order valence-corrected chi connectivity index (χ3v) is 3.96. The summed E-state index contributed by atoms with van der Waals surface area (Å²) in [5, 5.41) is 2.79. The quantitative estimate of drug-likeness (QED) is 0.790. The number of methoxy groups -OCH3 is 2. The summed E-state index contributed by atoms with van der Waals surface area (Å²) >= 11 is 0. The van der Waals surface area contributed by atoms with E-state index < -0.39 is 0 Å². The van der Waals surface area contributed by atoms with Crippen LogP contribution in [-0.2, 0) is 16.0 Å². The molecular formula is C20H24N2O4. The maximum absolute atomic E-state index is 12.3. The smallest absolute Gasteiger partial charge is 0.243 e. The summed E-state index contributed by atoms with van der Waals surface area (Å²) in [6, 6.07) is 14.8. The molecule has 0 bridgehead atoms. The number of carbonyl (C=O) groups excluding carboxylic acids is 2. The van der Waals surface area contributed by atoms with Crippen LogP contribution in [0.2, 0.25) is 0 Å². The van der Waals surface area contributed by atoms with Gasteiger partial charge in [-0.1, -0.05) is 18.2 Å². The van der Waals surface area contributed by atoms with E-state index in [4.69, 9.17) is 9.47 Å². The maximum Gasteiger partial charge on any atom is 0.243 e. The van der Waals surface area contributed by atoms with Crippen LogP contribution in [0.4, 0.5) is 5.69 Å². The molecule has 0 unspecified atom stereocenters. The van der Waals surface area contributed by atoms with E-state index in [0.29, 0.717) is 24.4 Å². The molecule has 6 heteroatoms. The molecular weight excluding hydrogens is 332 g/mol. The lowest BCUT2D eigenvalue weighted by Crippen LogP contribution is -2.38. The molecule has 2 rings (SSSR count). The van der Waals surface area contributed by atoms with Gasteiger partial charge in [0.05, 0.1) is 20.8 Å².